The quantitative estimate of drug-likeness (QED) is 0.757. The van der Waals surface area contributed by atoms with Crippen molar-refractivity contribution in [2.24, 2.45) is 0 Å². The van der Waals surface area contributed by atoms with Gasteiger partial charge in [-0.25, -0.2) is 0 Å². The number of methoxy groups -OCH3 is 2. The summed E-state index contributed by atoms with van der Waals surface area (Å²) in [5.74, 6) is 1.39. The minimum absolute atomic E-state index is 0.118. The van der Waals surface area contributed by atoms with Crippen LogP contribution in [0.4, 0.5) is 0 Å². The van der Waals surface area contributed by atoms with Gasteiger partial charge in [0.2, 0.25) is 0 Å². The molecular formula is C13H21NO4. The van der Waals surface area contributed by atoms with Gasteiger partial charge in [-0.1, -0.05) is 11.3 Å². The molecule has 0 amide bonds. The van der Waals surface area contributed by atoms with Crippen LogP contribution in [0.15, 0.2) is 18.2 Å². The highest BCUT2D eigenvalue weighted by atomic mass is 16.9. The number of hydrogen-bond acceptors (Lipinski definition) is 5. The van der Waals surface area contributed by atoms with Gasteiger partial charge in [-0.3, -0.25) is 10.0 Å². The number of ether oxygens (including phenoxy) is 2. The van der Waals surface area contributed by atoms with Crippen LogP contribution in [0.3, 0.4) is 0 Å². The van der Waals surface area contributed by atoms with E-state index >= 15 is 0 Å². The van der Waals surface area contributed by atoms with Crippen molar-refractivity contribution in [2.75, 3.05) is 20.8 Å². The zero-order valence-electron chi connectivity index (χ0n) is 11.3. The van der Waals surface area contributed by atoms with E-state index in [1.165, 1.54) is 0 Å². The molecule has 1 atom stereocenters. The van der Waals surface area contributed by atoms with Crippen LogP contribution < -0.4 is 9.47 Å². The normalized spacial score (nSPS) is 12.6. The highest BCUT2D eigenvalue weighted by Gasteiger charge is 2.10. The number of benzene rings is 1. The topological polar surface area (TPSA) is 51.2 Å². The molecule has 5 nitrogen and oxygen atoms in total. The van der Waals surface area contributed by atoms with Gasteiger partial charge in [-0.05, 0) is 31.5 Å². The van der Waals surface area contributed by atoms with Crippen molar-refractivity contribution in [3.05, 3.63) is 23.8 Å². The molecule has 0 bridgehead atoms. The lowest BCUT2D eigenvalue weighted by molar-refractivity contribution is -0.355. The molecule has 5 heteroatoms. The first kappa shape index (κ1) is 14.8. The Morgan fingerprint density at radius 1 is 1.22 bits per heavy atom. The van der Waals surface area contributed by atoms with E-state index in [1.54, 1.807) is 14.2 Å². The maximum Gasteiger partial charge on any atom is 0.160 e. The van der Waals surface area contributed by atoms with Gasteiger partial charge in [0.25, 0.3) is 0 Å². The summed E-state index contributed by atoms with van der Waals surface area (Å²) < 4.78 is 10.4. The second-order valence-corrected chi connectivity index (χ2v) is 3.98. The molecule has 0 radical (unpaired) electrons. The van der Waals surface area contributed by atoms with Crippen molar-refractivity contribution in [2.45, 2.75) is 26.4 Å². The van der Waals surface area contributed by atoms with Gasteiger partial charge in [0, 0.05) is 13.0 Å². The SMILES string of the molecule is CCN(O)OC(C)Cc1ccc(OC)c(OC)c1. The average Bonchev–Trinajstić information content (AvgIpc) is 2.38. The molecule has 0 heterocycles. The van der Waals surface area contributed by atoms with Crippen LogP contribution in [-0.4, -0.2) is 37.3 Å². The van der Waals surface area contributed by atoms with Crippen LogP contribution in [0.25, 0.3) is 0 Å². The van der Waals surface area contributed by atoms with Crippen molar-refractivity contribution in [1.82, 2.24) is 5.23 Å². The molecule has 0 aliphatic rings. The Morgan fingerprint density at radius 3 is 2.44 bits per heavy atom. The Morgan fingerprint density at radius 2 is 1.89 bits per heavy atom. The lowest BCUT2D eigenvalue weighted by Crippen LogP contribution is -2.26. The van der Waals surface area contributed by atoms with Crippen molar-refractivity contribution >= 4 is 0 Å². The summed E-state index contributed by atoms with van der Waals surface area (Å²) in [5.41, 5.74) is 1.06. The van der Waals surface area contributed by atoms with Crippen LogP contribution in [0.5, 0.6) is 11.5 Å². The molecule has 0 spiro atoms. The van der Waals surface area contributed by atoms with Crippen LogP contribution in [0.2, 0.25) is 0 Å². The minimum atomic E-state index is -0.118. The lowest BCUT2D eigenvalue weighted by Gasteiger charge is -2.18. The Labute approximate surface area is 108 Å². The molecule has 102 valence electrons. The van der Waals surface area contributed by atoms with Gasteiger partial charge in [0.05, 0.1) is 20.3 Å². The molecule has 0 fully saturated rings. The van der Waals surface area contributed by atoms with Gasteiger partial charge in [-0.2, -0.15) is 0 Å². The number of hydroxylamine groups is 2. The van der Waals surface area contributed by atoms with Crippen molar-refractivity contribution in [3.63, 3.8) is 0 Å². The summed E-state index contributed by atoms with van der Waals surface area (Å²) in [6.45, 7) is 4.13. The third-order valence-corrected chi connectivity index (χ3v) is 2.54. The third-order valence-electron chi connectivity index (χ3n) is 2.54. The lowest BCUT2D eigenvalue weighted by atomic mass is 10.1. The van der Waals surface area contributed by atoms with Crippen LogP contribution in [-0.2, 0) is 11.3 Å². The molecule has 18 heavy (non-hydrogen) atoms. The predicted octanol–water partition coefficient (Wildman–Crippen LogP) is 2.28. The zero-order chi connectivity index (χ0) is 13.5. The average molecular weight is 255 g/mol. The minimum Gasteiger partial charge on any atom is -0.493 e. The zero-order valence-corrected chi connectivity index (χ0v) is 11.3. The van der Waals surface area contributed by atoms with E-state index in [0.29, 0.717) is 24.5 Å². The van der Waals surface area contributed by atoms with Crippen molar-refractivity contribution in [1.29, 1.82) is 0 Å². The molecule has 0 saturated heterocycles. The standard InChI is InChI=1S/C13H21NO4/c1-5-14(15)18-10(2)8-11-6-7-12(16-3)13(9-11)17-4/h6-7,9-10,15H,5,8H2,1-4H3. The van der Waals surface area contributed by atoms with E-state index < -0.39 is 0 Å². The predicted molar refractivity (Wildman–Crippen MR) is 68.0 cm³/mol. The number of nitrogens with zero attached hydrogens (tertiary/aromatic N) is 1. The maximum absolute atomic E-state index is 9.26. The fourth-order valence-corrected chi connectivity index (χ4v) is 1.66. The molecule has 1 unspecified atom stereocenters. The van der Waals surface area contributed by atoms with Crippen LogP contribution >= 0.6 is 0 Å². The summed E-state index contributed by atoms with van der Waals surface area (Å²) in [5, 5.41) is 10.1. The second kappa shape index (κ2) is 7.20. The maximum atomic E-state index is 9.26. The van der Waals surface area contributed by atoms with Gasteiger partial charge < -0.3 is 9.47 Å². The Bertz CT molecular complexity index is 370. The monoisotopic (exact) mass is 255 g/mol. The Hall–Kier alpha value is -1.30. The van der Waals surface area contributed by atoms with E-state index in [9.17, 15) is 5.21 Å². The van der Waals surface area contributed by atoms with Crippen LogP contribution in [0.1, 0.15) is 19.4 Å². The van der Waals surface area contributed by atoms with Crippen molar-refractivity contribution < 1.29 is 19.5 Å². The molecule has 1 N–H and O–H groups in total. The third kappa shape index (κ3) is 4.18. The summed E-state index contributed by atoms with van der Waals surface area (Å²) >= 11 is 0. The van der Waals surface area contributed by atoms with Gasteiger partial charge in [-0.15, -0.1) is 0 Å². The summed E-state index contributed by atoms with van der Waals surface area (Å²) in [6, 6.07) is 5.72. The summed E-state index contributed by atoms with van der Waals surface area (Å²) in [4.78, 5) is 5.25. The molecule has 0 aliphatic carbocycles. The van der Waals surface area contributed by atoms with E-state index in [2.05, 4.69) is 0 Å². The first-order chi connectivity index (χ1) is 8.60. The first-order valence-electron chi connectivity index (χ1n) is 5.94. The highest BCUT2D eigenvalue weighted by molar-refractivity contribution is 5.43. The molecule has 1 aromatic carbocycles. The fraction of sp³-hybridized carbons (Fsp3) is 0.538. The smallest absolute Gasteiger partial charge is 0.160 e. The second-order valence-electron chi connectivity index (χ2n) is 3.98. The molecule has 1 rings (SSSR count). The Balaban J connectivity index is 2.67. The van der Waals surface area contributed by atoms with Gasteiger partial charge in [0.15, 0.2) is 11.5 Å². The van der Waals surface area contributed by atoms with Gasteiger partial charge >= 0.3 is 0 Å². The molecule has 0 aliphatic heterocycles. The van der Waals surface area contributed by atoms with E-state index in [0.717, 1.165) is 10.8 Å². The Kier molecular flexibility index (Phi) is 5.91. The summed E-state index contributed by atoms with van der Waals surface area (Å²) in [7, 11) is 3.21. The van der Waals surface area contributed by atoms with Crippen LogP contribution in [0, 0.1) is 0 Å². The number of hydrogen-bond donors (Lipinski definition) is 1. The summed E-state index contributed by atoms with van der Waals surface area (Å²) in [6.07, 6.45) is 0.560. The van der Waals surface area contributed by atoms with E-state index in [1.807, 2.05) is 32.0 Å². The molecule has 0 aromatic heterocycles. The largest absolute Gasteiger partial charge is 0.493 e. The van der Waals surface area contributed by atoms with Crippen molar-refractivity contribution in [3.8, 4) is 11.5 Å². The van der Waals surface area contributed by atoms with Gasteiger partial charge in [0.1, 0.15) is 0 Å². The highest BCUT2D eigenvalue weighted by Crippen LogP contribution is 2.28. The van der Waals surface area contributed by atoms with E-state index in [4.69, 9.17) is 14.3 Å². The molecule has 1 aromatic rings. The first-order valence-corrected chi connectivity index (χ1v) is 5.94. The fourth-order valence-electron chi connectivity index (χ4n) is 1.66. The van der Waals surface area contributed by atoms with E-state index in [-0.39, 0.29) is 6.10 Å². The molecular weight excluding hydrogens is 234 g/mol. The molecule has 0 saturated carbocycles. The number of rotatable bonds is 7.